The van der Waals surface area contributed by atoms with Crippen LogP contribution in [-0.2, 0) is 11.2 Å². The molecule has 0 saturated carbocycles. The fraction of sp³-hybridized carbons (Fsp3) is 0.0909. The summed E-state index contributed by atoms with van der Waals surface area (Å²) in [7, 11) is 0. The van der Waals surface area contributed by atoms with Crippen LogP contribution in [0.5, 0.6) is 0 Å². The molecule has 0 bridgehead atoms. The molecular weight excluding hydrogens is 344 g/mol. The summed E-state index contributed by atoms with van der Waals surface area (Å²) >= 11 is 6.12. The van der Waals surface area contributed by atoms with Crippen molar-refractivity contribution in [2.45, 2.75) is 6.42 Å². The molecule has 1 unspecified atom stereocenters. The molecule has 1 aliphatic heterocycles. The van der Waals surface area contributed by atoms with Gasteiger partial charge in [0.15, 0.2) is 0 Å². The molecule has 0 spiro atoms. The van der Waals surface area contributed by atoms with Crippen LogP contribution < -0.4 is 5.01 Å². The van der Waals surface area contributed by atoms with Gasteiger partial charge in [0.1, 0.15) is 0 Å². The lowest BCUT2D eigenvalue weighted by atomic mass is 9.90. The van der Waals surface area contributed by atoms with Gasteiger partial charge in [-0.3, -0.25) is 4.79 Å². The highest BCUT2D eigenvalue weighted by atomic mass is 35.5. The average Bonchev–Trinajstić information content (AvgIpc) is 3.00. The third-order valence-electron chi connectivity index (χ3n) is 4.44. The summed E-state index contributed by atoms with van der Waals surface area (Å²) in [5.74, 6) is -0.355. The van der Waals surface area contributed by atoms with E-state index >= 15 is 0 Å². The van der Waals surface area contributed by atoms with Crippen molar-refractivity contribution in [3.8, 4) is 0 Å². The van der Waals surface area contributed by atoms with Gasteiger partial charge in [0.25, 0.3) is 5.91 Å². The highest BCUT2D eigenvalue weighted by molar-refractivity contribution is 6.30. The summed E-state index contributed by atoms with van der Waals surface area (Å²) in [5.41, 5.74) is 3.56. The van der Waals surface area contributed by atoms with Crippen molar-refractivity contribution in [1.82, 2.24) is 0 Å². The molecule has 0 aromatic heterocycles. The fourth-order valence-corrected chi connectivity index (χ4v) is 3.41. The topological polar surface area (TPSA) is 32.7 Å². The first-order chi connectivity index (χ1) is 12.7. The molecule has 3 nitrogen and oxygen atoms in total. The number of anilines is 1. The molecule has 1 amide bonds. The number of rotatable bonds is 4. The van der Waals surface area contributed by atoms with E-state index < -0.39 is 0 Å². The average molecular weight is 361 g/mol. The third-order valence-corrected chi connectivity index (χ3v) is 4.68. The second kappa shape index (κ2) is 7.14. The summed E-state index contributed by atoms with van der Waals surface area (Å²) in [6.07, 6.45) is 0.566. The van der Waals surface area contributed by atoms with Gasteiger partial charge in [-0.25, -0.2) is 0 Å². The highest BCUT2D eigenvalue weighted by Crippen LogP contribution is 2.29. The summed E-state index contributed by atoms with van der Waals surface area (Å²) in [6.45, 7) is 0. The van der Waals surface area contributed by atoms with E-state index in [1.807, 2.05) is 84.9 Å². The zero-order chi connectivity index (χ0) is 17.9. The van der Waals surface area contributed by atoms with E-state index in [1.165, 1.54) is 5.01 Å². The molecule has 3 aromatic rings. The molecule has 0 fully saturated rings. The molecule has 1 heterocycles. The first-order valence-electron chi connectivity index (χ1n) is 8.50. The van der Waals surface area contributed by atoms with E-state index in [0.29, 0.717) is 11.4 Å². The van der Waals surface area contributed by atoms with Crippen molar-refractivity contribution >= 4 is 28.9 Å². The number of nitrogens with zero attached hydrogens (tertiary/aromatic N) is 2. The standard InChI is InChI=1S/C22H17ClN2O/c23-18-11-7-8-16(14-18)15-20-21(17-9-3-1-4-10-17)24-25(22(20)26)19-12-5-2-6-13-19/h1-14,20H,15H2. The molecule has 26 heavy (non-hydrogen) atoms. The largest absolute Gasteiger partial charge is 0.272 e. The summed E-state index contributed by atoms with van der Waals surface area (Å²) in [4.78, 5) is 13.2. The van der Waals surface area contributed by atoms with Crippen molar-refractivity contribution in [3.05, 3.63) is 101 Å². The maximum absolute atomic E-state index is 13.2. The molecule has 0 radical (unpaired) electrons. The van der Waals surface area contributed by atoms with Crippen molar-refractivity contribution in [1.29, 1.82) is 0 Å². The van der Waals surface area contributed by atoms with E-state index in [4.69, 9.17) is 11.6 Å². The Balaban J connectivity index is 1.73. The van der Waals surface area contributed by atoms with E-state index in [0.717, 1.165) is 22.5 Å². The van der Waals surface area contributed by atoms with Gasteiger partial charge in [-0.1, -0.05) is 72.3 Å². The second-order valence-corrected chi connectivity index (χ2v) is 6.66. The van der Waals surface area contributed by atoms with Gasteiger partial charge in [-0.15, -0.1) is 0 Å². The number of benzene rings is 3. The second-order valence-electron chi connectivity index (χ2n) is 6.22. The maximum Gasteiger partial charge on any atom is 0.256 e. The minimum Gasteiger partial charge on any atom is -0.272 e. The van der Waals surface area contributed by atoms with Crippen LogP contribution in [0.1, 0.15) is 11.1 Å². The van der Waals surface area contributed by atoms with Gasteiger partial charge < -0.3 is 0 Å². The van der Waals surface area contributed by atoms with Crippen LogP contribution in [-0.4, -0.2) is 11.6 Å². The third kappa shape index (κ3) is 3.26. The van der Waals surface area contributed by atoms with Crippen molar-refractivity contribution in [3.63, 3.8) is 0 Å². The minimum atomic E-state index is -0.337. The highest BCUT2D eigenvalue weighted by Gasteiger charge is 2.37. The monoisotopic (exact) mass is 360 g/mol. The number of carbonyl (C=O) groups excluding carboxylic acids is 1. The number of para-hydroxylation sites is 1. The molecule has 1 aliphatic rings. The van der Waals surface area contributed by atoms with Crippen LogP contribution in [0.25, 0.3) is 0 Å². The van der Waals surface area contributed by atoms with Crippen LogP contribution in [0.2, 0.25) is 5.02 Å². The Morgan fingerprint density at radius 3 is 2.27 bits per heavy atom. The molecular formula is C22H17ClN2O. The molecule has 4 rings (SSSR count). The van der Waals surface area contributed by atoms with Crippen molar-refractivity contribution < 1.29 is 4.79 Å². The maximum atomic E-state index is 13.2. The first-order valence-corrected chi connectivity index (χ1v) is 8.87. The smallest absolute Gasteiger partial charge is 0.256 e. The predicted molar refractivity (Wildman–Crippen MR) is 106 cm³/mol. The quantitative estimate of drug-likeness (QED) is 0.648. The minimum absolute atomic E-state index is 0.0185. The van der Waals surface area contributed by atoms with Gasteiger partial charge in [0, 0.05) is 5.02 Å². The Bertz CT molecular complexity index is 954. The Hall–Kier alpha value is -2.91. The Morgan fingerprint density at radius 2 is 1.58 bits per heavy atom. The summed E-state index contributed by atoms with van der Waals surface area (Å²) in [6, 6.07) is 27.0. The van der Waals surface area contributed by atoms with Gasteiger partial charge in [0.05, 0.1) is 17.3 Å². The van der Waals surface area contributed by atoms with Crippen LogP contribution in [0.4, 0.5) is 5.69 Å². The van der Waals surface area contributed by atoms with Crippen LogP contribution in [0, 0.1) is 5.92 Å². The van der Waals surface area contributed by atoms with E-state index in [9.17, 15) is 4.79 Å². The molecule has 3 aromatic carbocycles. The van der Waals surface area contributed by atoms with Crippen LogP contribution >= 0.6 is 11.6 Å². The van der Waals surface area contributed by atoms with Gasteiger partial charge in [0.2, 0.25) is 0 Å². The summed E-state index contributed by atoms with van der Waals surface area (Å²) in [5, 5.41) is 6.86. The van der Waals surface area contributed by atoms with Gasteiger partial charge >= 0.3 is 0 Å². The summed E-state index contributed by atoms with van der Waals surface area (Å²) < 4.78 is 0. The first kappa shape index (κ1) is 16.6. The number of carbonyl (C=O) groups is 1. The zero-order valence-corrected chi connectivity index (χ0v) is 14.8. The van der Waals surface area contributed by atoms with E-state index in [1.54, 1.807) is 0 Å². The molecule has 0 saturated heterocycles. The number of hydrogen-bond acceptors (Lipinski definition) is 2. The zero-order valence-electron chi connectivity index (χ0n) is 14.0. The number of hydrazone groups is 1. The number of hydrogen-bond donors (Lipinski definition) is 0. The SMILES string of the molecule is O=C1C(Cc2cccc(Cl)c2)C(c2ccccc2)=NN1c1ccccc1. The molecule has 1 atom stereocenters. The van der Waals surface area contributed by atoms with E-state index in [-0.39, 0.29) is 11.8 Å². The van der Waals surface area contributed by atoms with E-state index in [2.05, 4.69) is 5.10 Å². The fourth-order valence-electron chi connectivity index (χ4n) is 3.20. The van der Waals surface area contributed by atoms with Crippen LogP contribution in [0.15, 0.2) is 90.0 Å². The predicted octanol–water partition coefficient (Wildman–Crippen LogP) is 4.95. The van der Waals surface area contributed by atoms with Gasteiger partial charge in [-0.05, 0) is 41.8 Å². The van der Waals surface area contributed by atoms with Gasteiger partial charge in [-0.2, -0.15) is 10.1 Å². The number of amides is 1. The lowest BCUT2D eigenvalue weighted by Crippen LogP contribution is -2.29. The molecule has 0 N–H and O–H groups in total. The van der Waals surface area contributed by atoms with Crippen molar-refractivity contribution in [2.24, 2.45) is 11.0 Å². The lowest BCUT2D eigenvalue weighted by Gasteiger charge is -2.14. The Morgan fingerprint density at radius 1 is 0.885 bits per heavy atom. The lowest BCUT2D eigenvalue weighted by molar-refractivity contribution is -0.119. The Labute approximate surface area is 157 Å². The molecule has 128 valence electrons. The Kier molecular flexibility index (Phi) is 4.55. The van der Waals surface area contributed by atoms with Crippen molar-refractivity contribution in [2.75, 3.05) is 5.01 Å². The molecule has 0 aliphatic carbocycles. The number of halogens is 1. The molecule has 4 heteroatoms. The van der Waals surface area contributed by atoms with Crippen LogP contribution in [0.3, 0.4) is 0 Å². The normalized spacial score (nSPS) is 16.7.